The Kier molecular flexibility index (Phi) is 4.19. The van der Waals surface area contributed by atoms with Gasteiger partial charge in [-0.1, -0.05) is 6.07 Å². The summed E-state index contributed by atoms with van der Waals surface area (Å²) < 4.78 is 9.81. The molecule has 2 rings (SSSR count). The molecule has 1 heterocycles. The Morgan fingerprint density at radius 3 is 3.11 bits per heavy atom. The molecule has 0 radical (unpaired) electrons. The molecule has 0 saturated heterocycles. The van der Waals surface area contributed by atoms with Gasteiger partial charge < -0.3 is 19.6 Å². The van der Waals surface area contributed by atoms with Crippen LogP contribution in [0.5, 0.6) is 5.75 Å². The van der Waals surface area contributed by atoms with Crippen LogP contribution in [0, 0.1) is 0 Å². The number of aromatic nitrogens is 2. The van der Waals surface area contributed by atoms with Crippen molar-refractivity contribution in [2.45, 2.75) is 12.5 Å². The summed E-state index contributed by atoms with van der Waals surface area (Å²) in [6.45, 7) is 0.309. The topological polar surface area (TPSA) is 100 Å². The normalized spacial score (nSPS) is 12.1. The van der Waals surface area contributed by atoms with Crippen LogP contribution in [-0.4, -0.2) is 35.1 Å². The van der Waals surface area contributed by atoms with Gasteiger partial charge in [0, 0.05) is 18.3 Å². The quantitative estimate of drug-likeness (QED) is 0.698. The molecule has 7 heteroatoms. The molecule has 3 N–H and O–H groups in total. The zero-order chi connectivity index (χ0) is 13.7. The number of H-pyrrole nitrogens is 1. The molecule has 0 spiro atoms. The van der Waals surface area contributed by atoms with E-state index in [0.717, 1.165) is 11.4 Å². The van der Waals surface area contributed by atoms with Crippen LogP contribution in [0.3, 0.4) is 0 Å². The number of benzene rings is 1. The van der Waals surface area contributed by atoms with Crippen LogP contribution in [0.15, 0.2) is 33.5 Å². The molecule has 1 unspecified atom stereocenters. The minimum atomic E-state index is -0.711. The third kappa shape index (κ3) is 3.85. The maximum Gasteiger partial charge on any atom is 0.434 e. The molecule has 0 bridgehead atoms. The highest BCUT2D eigenvalue weighted by Crippen LogP contribution is 2.16. The van der Waals surface area contributed by atoms with Gasteiger partial charge in [0.1, 0.15) is 5.75 Å². The molecule has 1 aromatic carbocycles. The van der Waals surface area contributed by atoms with E-state index in [4.69, 9.17) is 9.15 Å². The number of anilines is 1. The van der Waals surface area contributed by atoms with Crippen molar-refractivity contribution in [2.24, 2.45) is 0 Å². The van der Waals surface area contributed by atoms with E-state index >= 15 is 0 Å². The summed E-state index contributed by atoms with van der Waals surface area (Å²) in [5.74, 6) is 0.297. The molecule has 0 aliphatic rings. The molecule has 2 aromatic rings. The van der Waals surface area contributed by atoms with Gasteiger partial charge in [0.15, 0.2) is 0 Å². The van der Waals surface area contributed by atoms with E-state index in [9.17, 15) is 9.90 Å². The lowest BCUT2D eigenvalue weighted by Crippen LogP contribution is -2.22. The molecule has 7 nitrogen and oxygen atoms in total. The smallest absolute Gasteiger partial charge is 0.434 e. The minimum absolute atomic E-state index is 0.162. The molecule has 0 fully saturated rings. The number of hydrogen-bond acceptors (Lipinski definition) is 6. The first-order chi connectivity index (χ1) is 9.17. The maximum absolute atomic E-state index is 10.7. The molecule has 0 aliphatic carbocycles. The number of ether oxygens (including phenoxy) is 1. The monoisotopic (exact) mass is 265 g/mol. The second kappa shape index (κ2) is 6.05. The largest absolute Gasteiger partial charge is 0.497 e. The van der Waals surface area contributed by atoms with E-state index in [1.54, 1.807) is 7.11 Å². The number of aliphatic hydroxyl groups excluding tert-OH is 1. The number of methoxy groups -OCH3 is 1. The van der Waals surface area contributed by atoms with Crippen molar-refractivity contribution in [1.29, 1.82) is 0 Å². The van der Waals surface area contributed by atoms with Gasteiger partial charge in [-0.05, 0) is 12.1 Å². The zero-order valence-electron chi connectivity index (χ0n) is 10.4. The molecule has 1 atom stereocenters. The van der Waals surface area contributed by atoms with E-state index < -0.39 is 11.9 Å². The van der Waals surface area contributed by atoms with Crippen molar-refractivity contribution in [2.75, 3.05) is 19.0 Å². The highest BCUT2D eigenvalue weighted by Gasteiger charge is 2.10. The standard InChI is InChI=1S/C12H15N3O4/c1-18-10-4-2-3-8(5-10)13-7-9(16)6-11-14-15-12(17)19-11/h2-5,9,13,16H,6-7H2,1H3,(H,15,17). The number of aromatic amines is 1. The van der Waals surface area contributed by atoms with Gasteiger partial charge >= 0.3 is 5.76 Å². The first-order valence-electron chi connectivity index (χ1n) is 5.78. The summed E-state index contributed by atoms with van der Waals surface area (Å²) >= 11 is 0. The number of hydrogen-bond donors (Lipinski definition) is 3. The molecule has 0 amide bonds. The van der Waals surface area contributed by atoms with Crippen molar-refractivity contribution in [1.82, 2.24) is 10.2 Å². The molecule has 1 aromatic heterocycles. The maximum atomic E-state index is 10.7. The summed E-state index contributed by atoms with van der Waals surface area (Å²) in [5, 5.41) is 18.6. The lowest BCUT2D eigenvalue weighted by molar-refractivity contribution is 0.177. The second-order valence-electron chi connectivity index (χ2n) is 3.98. The Morgan fingerprint density at radius 2 is 2.42 bits per heavy atom. The fraction of sp³-hybridized carbons (Fsp3) is 0.333. The van der Waals surface area contributed by atoms with Crippen molar-refractivity contribution in [3.05, 3.63) is 40.7 Å². The summed E-state index contributed by atoms with van der Waals surface area (Å²) in [4.78, 5) is 10.7. The molecule has 0 aliphatic heterocycles. The molecule has 0 saturated carbocycles. The predicted molar refractivity (Wildman–Crippen MR) is 68.3 cm³/mol. The first-order valence-corrected chi connectivity index (χ1v) is 5.78. The third-order valence-corrected chi connectivity index (χ3v) is 2.50. The third-order valence-electron chi connectivity index (χ3n) is 2.50. The van der Waals surface area contributed by atoms with Gasteiger partial charge in [-0.3, -0.25) is 0 Å². The van der Waals surface area contributed by atoms with Crippen LogP contribution in [-0.2, 0) is 6.42 Å². The van der Waals surface area contributed by atoms with E-state index in [1.165, 1.54) is 0 Å². The van der Waals surface area contributed by atoms with E-state index in [0.29, 0.717) is 6.54 Å². The molecular formula is C12H15N3O4. The van der Waals surface area contributed by atoms with Crippen molar-refractivity contribution < 1.29 is 14.3 Å². The van der Waals surface area contributed by atoms with Gasteiger partial charge in [-0.15, -0.1) is 5.10 Å². The Labute approximate surface area is 109 Å². The molecular weight excluding hydrogens is 250 g/mol. The summed E-state index contributed by atoms with van der Waals surface area (Å²) in [6, 6.07) is 7.37. The fourth-order valence-electron chi connectivity index (χ4n) is 1.59. The Balaban J connectivity index is 1.85. The number of nitrogens with zero attached hydrogens (tertiary/aromatic N) is 1. The SMILES string of the molecule is COc1cccc(NCC(O)Cc2n[nH]c(=O)o2)c1. The van der Waals surface area contributed by atoms with Crippen LogP contribution in [0.4, 0.5) is 5.69 Å². The summed E-state index contributed by atoms with van der Waals surface area (Å²) in [7, 11) is 1.59. The predicted octanol–water partition coefficient (Wildman–Crippen LogP) is 0.387. The Morgan fingerprint density at radius 1 is 1.58 bits per heavy atom. The Bertz CT molecular complexity index is 578. The van der Waals surface area contributed by atoms with Gasteiger partial charge in [0.2, 0.25) is 5.89 Å². The lowest BCUT2D eigenvalue weighted by Gasteiger charge is -2.11. The second-order valence-corrected chi connectivity index (χ2v) is 3.98. The zero-order valence-corrected chi connectivity index (χ0v) is 10.4. The van der Waals surface area contributed by atoms with Gasteiger partial charge in [-0.2, -0.15) is 0 Å². The fourth-order valence-corrected chi connectivity index (χ4v) is 1.59. The van der Waals surface area contributed by atoms with Crippen LogP contribution in [0.2, 0.25) is 0 Å². The van der Waals surface area contributed by atoms with Crippen LogP contribution in [0.25, 0.3) is 0 Å². The summed E-state index contributed by atoms with van der Waals surface area (Å²) in [6.07, 6.45) is -0.548. The average molecular weight is 265 g/mol. The van der Waals surface area contributed by atoms with Crippen molar-refractivity contribution in [3.8, 4) is 5.75 Å². The molecule has 19 heavy (non-hydrogen) atoms. The van der Waals surface area contributed by atoms with Crippen LogP contribution < -0.4 is 15.8 Å². The first kappa shape index (κ1) is 13.2. The van der Waals surface area contributed by atoms with Crippen molar-refractivity contribution in [3.63, 3.8) is 0 Å². The summed E-state index contributed by atoms with van der Waals surface area (Å²) in [5.41, 5.74) is 0.835. The van der Waals surface area contributed by atoms with Gasteiger partial charge in [0.05, 0.1) is 19.6 Å². The number of rotatable bonds is 6. The Hall–Kier alpha value is -2.28. The highest BCUT2D eigenvalue weighted by atomic mass is 16.5. The lowest BCUT2D eigenvalue weighted by atomic mass is 10.2. The van der Waals surface area contributed by atoms with Crippen LogP contribution in [0.1, 0.15) is 5.89 Å². The van der Waals surface area contributed by atoms with Crippen molar-refractivity contribution >= 4 is 5.69 Å². The van der Waals surface area contributed by atoms with Gasteiger partial charge in [0.25, 0.3) is 0 Å². The van der Waals surface area contributed by atoms with E-state index in [2.05, 4.69) is 15.5 Å². The van der Waals surface area contributed by atoms with E-state index in [-0.39, 0.29) is 12.3 Å². The van der Waals surface area contributed by atoms with E-state index in [1.807, 2.05) is 24.3 Å². The number of aliphatic hydroxyl groups is 1. The van der Waals surface area contributed by atoms with Gasteiger partial charge in [-0.25, -0.2) is 9.89 Å². The molecule has 102 valence electrons. The minimum Gasteiger partial charge on any atom is -0.497 e. The highest BCUT2D eigenvalue weighted by molar-refractivity contribution is 5.48. The average Bonchev–Trinajstić information content (AvgIpc) is 2.82. The number of nitrogens with one attached hydrogen (secondary N) is 2. The van der Waals surface area contributed by atoms with Crippen LogP contribution >= 0.6 is 0 Å².